The van der Waals surface area contributed by atoms with Crippen molar-refractivity contribution in [2.24, 2.45) is 11.3 Å². The summed E-state index contributed by atoms with van der Waals surface area (Å²) in [6, 6.07) is 21.4. The highest BCUT2D eigenvalue weighted by Gasteiger charge is 2.46. The molecule has 1 fully saturated rings. The molecule has 0 spiro atoms. The number of nitrogens with zero attached hydrogens (tertiary/aromatic N) is 3. The van der Waals surface area contributed by atoms with E-state index in [0.29, 0.717) is 18.8 Å². The number of benzene rings is 2. The lowest BCUT2D eigenvalue weighted by Gasteiger charge is -2.37. The number of carbonyl (C=O) groups excluding carboxylic acids is 1. The third kappa shape index (κ3) is 5.11. The van der Waals surface area contributed by atoms with E-state index in [-0.39, 0.29) is 23.1 Å². The fourth-order valence-electron chi connectivity index (χ4n) is 6.43. The van der Waals surface area contributed by atoms with Crippen molar-refractivity contribution < 1.29 is 9.90 Å². The van der Waals surface area contributed by atoms with Gasteiger partial charge in [-0.1, -0.05) is 55.0 Å². The Kier molecular flexibility index (Phi) is 6.77. The Morgan fingerprint density at radius 1 is 1.10 bits per heavy atom. The van der Waals surface area contributed by atoms with Gasteiger partial charge in [-0.3, -0.25) is 9.78 Å². The van der Waals surface area contributed by atoms with Gasteiger partial charge in [0.25, 0.3) is 0 Å². The number of aromatic nitrogens is 3. The molecule has 0 radical (unpaired) electrons. The van der Waals surface area contributed by atoms with Crippen molar-refractivity contribution in [1.29, 1.82) is 0 Å². The maximum Gasteiger partial charge on any atom is 0.220 e. The molecule has 6 nitrogen and oxygen atoms in total. The number of aryl methyl sites for hydroxylation is 1. The highest BCUT2D eigenvalue weighted by atomic mass is 16.3. The zero-order valence-electron chi connectivity index (χ0n) is 22.3. The third-order valence-electron chi connectivity index (χ3n) is 8.68. The lowest BCUT2D eigenvalue weighted by Crippen LogP contribution is -2.35. The minimum absolute atomic E-state index is 0.0413. The molecular weight excluding hydrogens is 484 g/mol. The molecule has 2 heterocycles. The molecule has 39 heavy (non-hydrogen) atoms. The summed E-state index contributed by atoms with van der Waals surface area (Å²) in [5.41, 5.74) is 7.13. The number of rotatable bonds is 8. The van der Waals surface area contributed by atoms with Crippen LogP contribution in [0.1, 0.15) is 61.0 Å². The van der Waals surface area contributed by atoms with Gasteiger partial charge < -0.3 is 10.4 Å². The van der Waals surface area contributed by atoms with E-state index < -0.39 is 0 Å². The normalized spacial score (nSPS) is 20.5. The van der Waals surface area contributed by atoms with Crippen molar-refractivity contribution in [2.45, 2.75) is 51.5 Å². The Labute approximate surface area is 229 Å². The van der Waals surface area contributed by atoms with E-state index in [2.05, 4.69) is 35.4 Å². The number of hydrogen-bond acceptors (Lipinski definition) is 4. The minimum atomic E-state index is -0.0424. The first-order valence-corrected chi connectivity index (χ1v) is 13.8. The van der Waals surface area contributed by atoms with Crippen LogP contribution in [0.25, 0.3) is 11.8 Å². The Balaban J connectivity index is 1.20. The molecule has 2 aromatic carbocycles. The average Bonchev–Trinajstić information content (AvgIpc) is 3.51. The fraction of sp³-hybridized carbons (Fsp3) is 0.303. The molecule has 6 rings (SSSR count). The number of nitrogens with one attached hydrogen (secondary N) is 1. The van der Waals surface area contributed by atoms with E-state index in [9.17, 15) is 9.90 Å². The van der Waals surface area contributed by atoms with Crippen molar-refractivity contribution in [3.63, 3.8) is 0 Å². The van der Waals surface area contributed by atoms with E-state index >= 15 is 0 Å². The van der Waals surface area contributed by atoms with Gasteiger partial charge in [-0.2, -0.15) is 5.10 Å². The molecule has 0 saturated heterocycles. The molecule has 198 valence electrons. The number of pyridine rings is 1. The number of carbonyl (C=O) groups is 1. The number of fused-ring (bicyclic) bond motifs is 2. The van der Waals surface area contributed by atoms with Crippen molar-refractivity contribution in [3.8, 4) is 11.4 Å². The maximum atomic E-state index is 13.1. The van der Waals surface area contributed by atoms with Crippen LogP contribution in [0, 0.1) is 11.3 Å². The van der Waals surface area contributed by atoms with Crippen LogP contribution in [0.4, 0.5) is 0 Å². The Morgan fingerprint density at radius 3 is 2.69 bits per heavy atom. The highest BCUT2D eigenvalue weighted by Crippen LogP contribution is 2.55. The van der Waals surface area contributed by atoms with Gasteiger partial charge in [0.05, 0.1) is 29.8 Å². The second-order valence-electron chi connectivity index (χ2n) is 11.1. The second kappa shape index (κ2) is 10.5. The van der Waals surface area contributed by atoms with Gasteiger partial charge in [-0.25, -0.2) is 4.68 Å². The van der Waals surface area contributed by atoms with Crippen LogP contribution in [-0.4, -0.2) is 25.8 Å². The van der Waals surface area contributed by atoms with Gasteiger partial charge in [-0.15, -0.1) is 0 Å². The number of amides is 1. The van der Waals surface area contributed by atoms with Crippen LogP contribution in [0.5, 0.6) is 5.75 Å². The van der Waals surface area contributed by atoms with E-state index in [1.165, 1.54) is 16.8 Å². The molecule has 0 bridgehead atoms. The standard InChI is InChI=1S/C33H34N4O2/c1-33-20-25-21-35-37(28-8-5-17-34-22-28)31(25)19-27(33)13-12-26(33)18-30(24-6-3-2-4-7-24)36-32(39)16-11-23-9-14-29(38)15-10-23/h2-10,14-15,17,19,21-22,26,30,38H,11-13,16,18,20H2,1H3,(H,36,39). The lowest BCUT2D eigenvalue weighted by atomic mass is 9.68. The van der Waals surface area contributed by atoms with Gasteiger partial charge >= 0.3 is 0 Å². The van der Waals surface area contributed by atoms with E-state index in [0.717, 1.165) is 42.5 Å². The van der Waals surface area contributed by atoms with Crippen molar-refractivity contribution in [2.75, 3.05) is 0 Å². The summed E-state index contributed by atoms with van der Waals surface area (Å²) in [6.45, 7) is 2.40. The first-order chi connectivity index (χ1) is 19.0. The summed E-state index contributed by atoms with van der Waals surface area (Å²) < 4.78 is 2.00. The number of hydrogen-bond donors (Lipinski definition) is 2. The summed E-state index contributed by atoms with van der Waals surface area (Å²) in [5, 5.41) is 17.6. The van der Waals surface area contributed by atoms with Gasteiger partial charge in [0.15, 0.2) is 0 Å². The number of phenols is 1. The molecule has 2 N–H and O–H groups in total. The first-order valence-electron chi connectivity index (χ1n) is 13.8. The molecule has 6 heteroatoms. The van der Waals surface area contributed by atoms with E-state index in [4.69, 9.17) is 5.10 Å². The fourth-order valence-corrected chi connectivity index (χ4v) is 6.43. The van der Waals surface area contributed by atoms with E-state index in [1.54, 1.807) is 18.3 Å². The molecule has 1 amide bonds. The molecule has 1 saturated carbocycles. The van der Waals surface area contributed by atoms with Crippen molar-refractivity contribution in [1.82, 2.24) is 20.1 Å². The third-order valence-corrected chi connectivity index (χ3v) is 8.68. The molecule has 3 unspecified atom stereocenters. The molecule has 2 aliphatic rings. The quantitative estimate of drug-likeness (QED) is 0.291. The summed E-state index contributed by atoms with van der Waals surface area (Å²) in [6.07, 6.45) is 13.1. The molecule has 3 atom stereocenters. The van der Waals surface area contributed by atoms with Crippen LogP contribution in [0.3, 0.4) is 0 Å². The summed E-state index contributed by atoms with van der Waals surface area (Å²) in [5.74, 6) is 0.742. The Morgan fingerprint density at radius 2 is 1.92 bits per heavy atom. The van der Waals surface area contributed by atoms with E-state index in [1.807, 2.05) is 59.5 Å². The zero-order valence-corrected chi connectivity index (χ0v) is 22.3. The van der Waals surface area contributed by atoms with Crippen LogP contribution in [0.2, 0.25) is 0 Å². The average molecular weight is 519 g/mol. The monoisotopic (exact) mass is 518 g/mol. The molecule has 4 aromatic rings. The molecule has 0 aliphatic heterocycles. The van der Waals surface area contributed by atoms with Crippen molar-refractivity contribution in [3.05, 3.63) is 113 Å². The van der Waals surface area contributed by atoms with Gasteiger partial charge in [-0.05, 0) is 90.5 Å². The molecule has 2 aliphatic carbocycles. The second-order valence-corrected chi connectivity index (χ2v) is 11.1. The maximum absolute atomic E-state index is 13.1. The van der Waals surface area contributed by atoms with Gasteiger partial charge in [0, 0.05) is 12.6 Å². The topological polar surface area (TPSA) is 80.0 Å². The van der Waals surface area contributed by atoms with Gasteiger partial charge in [0.1, 0.15) is 5.75 Å². The van der Waals surface area contributed by atoms with Gasteiger partial charge in [0.2, 0.25) is 5.91 Å². The summed E-state index contributed by atoms with van der Waals surface area (Å²) >= 11 is 0. The Hall–Kier alpha value is -4.19. The predicted octanol–water partition coefficient (Wildman–Crippen LogP) is 6.21. The van der Waals surface area contributed by atoms with Crippen molar-refractivity contribution >= 4 is 12.0 Å². The predicted molar refractivity (Wildman–Crippen MR) is 152 cm³/mol. The first kappa shape index (κ1) is 25.1. The zero-order chi connectivity index (χ0) is 26.8. The van der Waals surface area contributed by atoms with Crippen LogP contribution >= 0.6 is 0 Å². The highest BCUT2D eigenvalue weighted by molar-refractivity contribution is 5.76. The summed E-state index contributed by atoms with van der Waals surface area (Å²) in [7, 11) is 0. The molecule has 2 aromatic heterocycles. The summed E-state index contributed by atoms with van der Waals surface area (Å²) in [4.78, 5) is 17.4. The number of phenolic OH excluding ortho intramolecular Hbond substituents is 1. The number of allylic oxidation sites excluding steroid dienone is 1. The minimum Gasteiger partial charge on any atom is -0.508 e. The largest absolute Gasteiger partial charge is 0.508 e. The number of aromatic hydroxyl groups is 1. The Bertz CT molecular complexity index is 1480. The molecular formula is C33H34N4O2. The van der Waals surface area contributed by atoms with Crippen LogP contribution < -0.4 is 5.32 Å². The van der Waals surface area contributed by atoms with Crippen LogP contribution in [0.15, 0.2) is 90.9 Å². The van der Waals surface area contributed by atoms with Crippen LogP contribution in [-0.2, 0) is 17.6 Å². The lowest BCUT2D eigenvalue weighted by molar-refractivity contribution is -0.122. The smallest absolute Gasteiger partial charge is 0.220 e. The SMILES string of the molecule is CC12Cc3cnn(-c4cccnc4)c3C=C1CCC2CC(NC(=O)CCc1ccc(O)cc1)c1ccccc1.